The van der Waals surface area contributed by atoms with Crippen molar-refractivity contribution in [3.8, 4) is 0 Å². The van der Waals surface area contributed by atoms with E-state index < -0.39 is 5.54 Å². The Kier molecular flexibility index (Phi) is 2.20. The van der Waals surface area contributed by atoms with Gasteiger partial charge in [-0.25, -0.2) is 4.79 Å². The third-order valence-electron chi connectivity index (χ3n) is 4.40. The predicted molar refractivity (Wildman–Crippen MR) is 61.3 cm³/mol. The van der Waals surface area contributed by atoms with Crippen molar-refractivity contribution in [2.45, 2.75) is 38.3 Å². The maximum atomic E-state index is 12.2. The molecule has 0 amide bonds. The van der Waals surface area contributed by atoms with Crippen molar-refractivity contribution >= 4 is 11.8 Å². The molecule has 92 valence electrons. The maximum absolute atomic E-state index is 12.2. The summed E-state index contributed by atoms with van der Waals surface area (Å²) in [5, 5.41) is 0. The summed E-state index contributed by atoms with van der Waals surface area (Å²) >= 11 is 0. The molecule has 2 heterocycles. The van der Waals surface area contributed by atoms with Gasteiger partial charge in [-0.15, -0.1) is 0 Å². The number of esters is 1. The summed E-state index contributed by atoms with van der Waals surface area (Å²) in [7, 11) is 0. The van der Waals surface area contributed by atoms with Crippen LogP contribution in [0, 0.1) is 5.92 Å². The van der Waals surface area contributed by atoms with Crippen LogP contribution in [0.4, 0.5) is 0 Å². The Morgan fingerprint density at radius 1 is 1.59 bits per heavy atom. The van der Waals surface area contributed by atoms with Crippen molar-refractivity contribution in [3.05, 3.63) is 11.6 Å². The van der Waals surface area contributed by atoms with Crippen molar-refractivity contribution in [3.63, 3.8) is 0 Å². The fraction of sp³-hybridized carbons (Fsp3) is 0.692. The van der Waals surface area contributed by atoms with E-state index in [0.29, 0.717) is 12.5 Å². The molecule has 3 aliphatic rings. The van der Waals surface area contributed by atoms with Crippen LogP contribution in [-0.2, 0) is 14.3 Å². The molecule has 0 N–H and O–H groups in total. The summed E-state index contributed by atoms with van der Waals surface area (Å²) in [6.45, 7) is 4.74. The molecule has 2 fully saturated rings. The molecule has 0 spiro atoms. The summed E-state index contributed by atoms with van der Waals surface area (Å²) in [4.78, 5) is 25.9. The number of nitrogens with zero attached hydrogens (tertiary/aromatic N) is 1. The second-order valence-corrected chi connectivity index (χ2v) is 5.08. The summed E-state index contributed by atoms with van der Waals surface area (Å²) in [6, 6.07) is 0.00606. The minimum Gasteiger partial charge on any atom is -0.465 e. The number of allylic oxidation sites excluding steroid dienone is 1. The Balaban J connectivity index is 1.96. The second kappa shape index (κ2) is 3.42. The maximum Gasteiger partial charge on any atom is 0.328 e. The predicted octanol–water partition coefficient (Wildman–Crippen LogP) is 0.911. The number of carbonyl (C=O) groups excluding carboxylic acids is 2. The number of ether oxygens (including phenoxy) is 1. The van der Waals surface area contributed by atoms with Crippen molar-refractivity contribution in [1.29, 1.82) is 0 Å². The van der Waals surface area contributed by atoms with Crippen molar-refractivity contribution < 1.29 is 14.3 Å². The zero-order chi connectivity index (χ0) is 12.2. The number of hydrogen-bond acceptors (Lipinski definition) is 4. The van der Waals surface area contributed by atoms with Gasteiger partial charge in [-0.1, -0.05) is 6.08 Å². The third-order valence-corrected chi connectivity index (χ3v) is 4.40. The number of carbonyl (C=O) groups is 2. The van der Waals surface area contributed by atoms with Gasteiger partial charge in [0.05, 0.1) is 12.6 Å². The molecule has 0 aromatic carbocycles. The SMILES string of the molecule is CCOC(=O)[C@@]12[C@H]3CC=C(C(C)=O)[C@@H]1N2CC3. The van der Waals surface area contributed by atoms with Crippen LogP contribution in [-0.4, -0.2) is 41.4 Å². The normalized spacial score (nSPS) is 41.5. The Hall–Kier alpha value is -1.16. The Labute approximate surface area is 101 Å². The van der Waals surface area contributed by atoms with Gasteiger partial charge in [-0.05, 0) is 32.6 Å². The van der Waals surface area contributed by atoms with Gasteiger partial charge in [-0.3, -0.25) is 9.69 Å². The largest absolute Gasteiger partial charge is 0.465 e. The van der Waals surface area contributed by atoms with Gasteiger partial charge in [0, 0.05) is 12.1 Å². The monoisotopic (exact) mass is 235 g/mol. The lowest BCUT2D eigenvalue weighted by Crippen LogP contribution is -2.39. The van der Waals surface area contributed by atoms with E-state index >= 15 is 0 Å². The summed E-state index contributed by atoms with van der Waals surface area (Å²) in [5.41, 5.74) is 0.333. The van der Waals surface area contributed by atoms with Crippen LogP contribution in [0.1, 0.15) is 26.7 Å². The first-order chi connectivity index (χ1) is 8.14. The van der Waals surface area contributed by atoms with Crippen molar-refractivity contribution in [2.75, 3.05) is 13.2 Å². The third kappa shape index (κ3) is 1.16. The highest BCUT2D eigenvalue weighted by Gasteiger charge is 2.77. The molecule has 0 aromatic rings. The average molecular weight is 235 g/mol. The highest BCUT2D eigenvalue weighted by molar-refractivity contribution is 6.00. The van der Waals surface area contributed by atoms with Crippen LogP contribution in [0.15, 0.2) is 11.6 Å². The van der Waals surface area contributed by atoms with Crippen LogP contribution in [0.5, 0.6) is 0 Å². The summed E-state index contributed by atoms with van der Waals surface area (Å²) < 4.78 is 5.22. The molecule has 4 atom stereocenters. The van der Waals surface area contributed by atoms with Gasteiger partial charge < -0.3 is 4.74 Å². The van der Waals surface area contributed by atoms with Gasteiger partial charge in [0.1, 0.15) is 5.54 Å². The first kappa shape index (κ1) is 11.0. The lowest BCUT2D eigenvalue weighted by molar-refractivity contribution is -0.148. The smallest absolute Gasteiger partial charge is 0.328 e. The number of fused-ring (bicyclic) bond motifs is 1. The molecular weight excluding hydrogens is 218 g/mol. The fourth-order valence-electron chi connectivity index (χ4n) is 3.71. The number of Topliss-reactive ketones (excluding diaryl/α,β-unsaturated/α-hetero) is 1. The van der Waals surface area contributed by atoms with E-state index in [1.807, 2.05) is 13.0 Å². The highest BCUT2D eigenvalue weighted by Crippen LogP contribution is 2.60. The minimum absolute atomic E-state index is 0.00606. The average Bonchev–Trinajstić information content (AvgIpc) is 2.78. The summed E-state index contributed by atoms with van der Waals surface area (Å²) in [6.07, 6.45) is 3.89. The van der Waals surface area contributed by atoms with E-state index in [0.717, 1.165) is 25.0 Å². The van der Waals surface area contributed by atoms with Crippen molar-refractivity contribution in [2.24, 2.45) is 5.92 Å². The van der Waals surface area contributed by atoms with Gasteiger partial charge in [0.15, 0.2) is 5.78 Å². The molecule has 0 saturated carbocycles. The van der Waals surface area contributed by atoms with Crippen molar-refractivity contribution in [1.82, 2.24) is 4.90 Å². The van der Waals surface area contributed by atoms with Crippen LogP contribution < -0.4 is 0 Å². The minimum atomic E-state index is -0.480. The lowest BCUT2D eigenvalue weighted by atomic mass is 9.77. The quantitative estimate of drug-likeness (QED) is 0.539. The second-order valence-electron chi connectivity index (χ2n) is 5.08. The van der Waals surface area contributed by atoms with E-state index in [1.165, 1.54) is 0 Å². The lowest BCUT2D eigenvalue weighted by Gasteiger charge is -2.24. The molecule has 2 saturated heterocycles. The molecule has 0 aromatic heterocycles. The molecule has 1 unspecified atom stereocenters. The Bertz CT molecular complexity index is 428. The molecule has 3 rings (SSSR count). The Morgan fingerprint density at radius 3 is 3.00 bits per heavy atom. The van der Waals surface area contributed by atoms with Gasteiger partial charge in [0.2, 0.25) is 0 Å². The molecule has 2 aliphatic heterocycles. The van der Waals surface area contributed by atoms with E-state index in [-0.39, 0.29) is 17.8 Å². The molecule has 1 aliphatic carbocycles. The van der Waals surface area contributed by atoms with Crippen LogP contribution in [0.3, 0.4) is 0 Å². The molecular formula is C13H17NO3. The van der Waals surface area contributed by atoms with E-state index in [9.17, 15) is 9.59 Å². The first-order valence-corrected chi connectivity index (χ1v) is 6.29. The standard InChI is InChI=1S/C13H17NO3/c1-3-17-12(16)13-9-4-5-10(8(2)15)11(13)14(13)7-6-9/h5,9,11H,3-4,6-7H2,1-2H3/t9-,11-,13+,14?/m0/s1. The Morgan fingerprint density at radius 2 is 2.35 bits per heavy atom. The zero-order valence-corrected chi connectivity index (χ0v) is 10.2. The van der Waals surface area contributed by atoms with Crippen LogP contribution in [0.2, 0.25) is 0 Å². The van der Waals surface area contributed by atoms with Crippen LogP contribution >= 0.6 is 0 Å². The van der Waals surface area contributed by atoms with Gasteiger partial charge in [0.25, 0.3) is 0 Å². The zero-order valence-electron chi connectivity index (χ0n) is 10.2. The molecule has 4 heteroatoms. The molecule has 0 bridgehead atoms. The summed E-state index contributed by atoms with van der Waals surface area (Å²) in [5.74, 6) is 0.306. The van der Waals surface area contributed by atoms with Crippen LogP contribution in [0.25, 0.3) is 0 Å². The fourth-order valence-corrected chi connectivity index (χ4v) is 3.71. The number of ketones is 1. The van der Waals surface area contributed by atoms with E-state index in [1.54, 1.807) is 6.92 Å². The van der Waals surface area contributed by atoms with E-state index in [2.05, 4.69) is 4.90 Å². The number of piperidine rings is 1. The number of rotatable bonds is 3. The van der Waals surface area contributed by atoms with E-state index in [4.69, 9.17) is 4.74 Å². The van der Waals surface area contributed by atoms with Gasteiger partial charge in [-0.2, -0.15) is 0 Å². The molecule has 17 heavy (non-hydrogen) atoms. The number of hydrogen-bond donors (Lipinski definition) is 0. The topological polar surface area (TPSA) is 46.4 Å². The van der Waals surface area contributed by atoms with Gasteiger partial charge >= 0.3 is 5.97 Å². The molecule has 4 nitrogen and oxygen atoms in total. The molecule has 0 radical (unpaired) electrons. The highest BCUT2D eigenvalue weighted by atomic mass is 16.5. The first-order valence-electron chi connectivity index (χ1n) is 6.29.